The predicted molar refractivity (Wildman–Crippen MR) is 198 cm³/mol. The van der Waals surface area contributed by atoms with Crippen LogP contribution < -0.4 is 9.80 Å². The van der Waals surface area contributed by atoms with Crippen LogP contribution in [0.2, 0.25) is 0 Å². The van der Waals surface area contributed by atoms with Crippen molar-refractivity contribution in [2.24, 2.45) is 0 Å². The summed E-state index contributed by atoms with van der Waals surface area (Å²) in [5.41, 5.74) is 15.2. The van der Waals surface area contributed by atoms with Crippen LogP contribution in [0.4, 0.5) is 28.4 Å². The third-order valence-electron chi connectivity index (χ3n) is 10.4. The Hall–Kier alpha value is -5.60. The molecule has 0 bridgehead atoms. The fourth-order valence-electron chi connectivity index (χ4n) is 8.08. The molecule has 6 aromatic rings. The average Bonchev–Trinajstić information content (AvgIpc) is 3.58. The first-order valence-electron chi connectivity index (χ1n) is 16.6. The van der Waals surface area contributed by atoms with Crippen molar-refractivity contribution in [3.63, 3.8) is 0 Å². The lowest BCUT2D eigenvalue weighted by Crippen LogP contribution is -2.28. The second-order valence-corrected chi connectivity index (χ2v) is 13.4. The Labute approximate surface area is 277 Å². The molecular formula is C45H36N2. The fraction of sp³-hybridized carbons (Fsp3) is 0.111. The van der Waals surface area contributed by atoms with Gasteiger partial charge in [-0.25, -0.2) is 0 Å². The highest BCUT2D eigenvalue weighted by atomic mass is 15.2. The minimum atomic E-state index is -0.0269. The average molecular weight is 605 g/mol. The van der Waals surface area contributed by atoms with E-state index >= 15 is 0 Å². The molecule has 2 aliphatic carbocycles. The molecular weight excluding hydrogens is 569 g/mol. The molecule has 0 saturated carbocycles. The summed E-state index contributed by atoms with van der Waals surface area (Å²) >= 11 is 0. The molecule has 1 heterocycles. The summed E-state index contributed by atoms with van der Waals surface area (Å²) in [4.78, 5) is 4.90. The van der Waals surface area contributed by atoms with Gasteiger partial charge in [0.25, 0.3) is 0 Å². The van der Waals surface area contributed by atoms with E-state index in [1.54, 1.807) is 0 Å². The van der Waals surface area contributed by atoms with E-state index in [-0.39, 0.29) is 11.5 Å². The molecule has 2 nitrogen and oxygen atoms in total. The van der Waals surface area contributed by atoms with Gasteiger partial charge in [-0.3, -0.25) is 0 Å². The molecule has 0 amide bonds. The van der Waals surface area contributed by atoms with Crippen molar-refractivity contribution in [2.45, 2.75) is 31.2 Å². The second-order valence-electron chi connectivity index (χ2n) is 13.4. The monoisotopic (exact) mass is 604 g/mol. The van der Waals surface area contributed by atoms with Crippen molar-refractivity contribution >= 4 is 28.4 Å². The smallest absolute Gasteiger partial charge is 0.0629 e. The van der Waals surface area contributed by atoms with Crippen molar-refractivity contribution < 1.29 is 0 Å². The number of hydrogen-bond donors (Lipinski definition) is 0. The van der Waals surface area contributed by atoms with Gasteiger partial charge in [0.05, 0.1) is 6.04 Å². The summed E-state index contributed by atoms with van der Waals surface area (Å²) in [6, 6.07) is 53.8. The zero-order chi connectivity index (χ0) is 31.5. The summed E-state index contributed by atoms with van der Waals surface area (Å²) in [6.07, 6.45) is 9.04. The Kier molecular flexibility index (Phi) is 6.33. The number of allylic oxidation sites excluding steroid dienone is 2. The van der Waals surface area contributed by atoms with E-state index in [2.05, 4.69) is 194 Å². The number of nitrogens with zero attached hydrogens (tertiary/aromatic N) is 2. The molecule has 6 aromatic carbocycles. The first-order chi connectivity index (χ1) is 23.1. The first-order valence-corrected chi connectivity index (χ1v) is 16.6. The van der Waals surface area contributed by atoms with E-state index in [0.29, 0.717) is 5.92 Å². The van der Waals surface area contributed by atoms with Crippen molar-refractivity contribution in [1.82, 2.24) is 0 Å². The molecule has 2 heteroatoms. The Bertz CT molecular complexity index is 2170. The van der Waals surface area contributed by atoms with Gasteiger partial charge in [-0.15, -0.1) is 0 Å². The lowest BCUT2D eigenvalue weighted by Gasteiger charge is -2.30. The third kappa shape index (κ3) is 4.40. The molecule has 47 heavy (non-hydrogen) atoms. The Morgan fingerprint density at radius 1 is 0.532 bits per heavy atom. The molecule has 0 radical (unpaired) electrons. The summed E-state index contributed by atoms with van der Waals surface area (Å²) in [6.45, 7) is 4.68. The van der Waals surface area contributed by atoms with Gasteiger partial charge < -0.3 is 9.80 Å². The molecule has 9 rings (SSSR count). The SMILES string of the molecule is CC1(C)c2ccccc2-c2cc(N(c3ccc(-c4ccccc4)cc3)c3ccc(N4c5ccccc5C5C=CC=CC54)cc3)ccc21. The Morgan fingerprint density at radius 3 is 1.96 bits per heavy atom. The van der Waals surface area contributed by atoms with Crippen LogP contribution in [0.1, 0.15) is 36.5 Å². The second kappa shape index (κ2) is 10.7. The summed E-state index contributed by atoms with van der Waals surface area (Å²) in [7, 11) is 0. The van der Waals surface area contributed by atoms with Crippen LogP contribution in [0.3, 0.4) is 0 Å². The van der Waals surface area contributed by atoms with Gasteiger partial charge in [-0.05, 0) is 93.5 Å². The van der Waals surface area contributed by atoms with Crippen molar-refractivity contribution in [3.8, 4) is 22.3 Å². The standard InChI is InChI=1S/C45H36N2/c1-45(2)41-17-9-6-14-37(41)40-30-36(28-29-42(40)45)46(33-22-20-32(21-23-33)31-12-4-3-5-13-31)34-24-26-35(27-25-34)47-43-18-10-7-15-38(43)39-16-8-11-19-44(39)47/h3-30,38,43H,1-2H3. The first kappa shape index (κ1) is 27.7. The van der Waals surface area contributed by atoms with E-state index in [0.717, 1.165) is 17.1 Å². The molecule has 0 fully saturated rings. The van der Waals surface area contributed by atoms with Crippen molar-refractivity contribution in [3.05, 3.63) is 187 Å². The molecule has 0 spiro atoms. The Morgan fingerprint density at radius 2 is 1.15 bits per heavy atom. The lowest BCUT2D eigenvalue weighted by molar-refractivity contribution is 0.660. The fourth-order valence-corrected chi connectivity index (χ4v) is 8.08. The summed E-state index contributed by atoms with van der Waals surface area (Å²) < 4.78 is 0. The number of benzene rings is 6. The Balaban J connectivity index is 1.15. The van der Waals surface area contributed by atoms with E-state index < -0.39 is 0 Å². The van der Waals surface area contributed by atoms with E-state index in [1.165, 1.54) is 50.3 Å². The molecule has 2 atom stereocenters. The topological polar surface area (TPSA) is 6.48 Å². The van der Waals surface area contributed by atoms with E-state index in [4.69, 9.17) is 0 Å². The van der Waals surface area contributed by atoms with E-state index in [9.17, 15) is 0 Å². The van der Waals surface area contributed by atoms with Gasteiger partial charge >= 0.3 is 0 Å². The maximum atomic E-state index is 2.50. The predicted octanol–water partition coefficient (Wildman–Crippen LogP) is 11.9. The zero-order valence-electron chi connectivity index (χ0n) is 26.7. The molecule has 1 aliphatic heterocycles. The third-order valence-corrected chi connectivity index (χ3v) is 10.4. The van der Waals surface area contributed by atoms with Crippen LogP contribution in [-0.2, 0) is 5.41 Å². The van der Waals surface area contributed by atoms with Gasteiger partial charge in [-0.2, -0.15) is 0 Å². The van der Waals surface area contributed by atoms with Crippen LogP contribution in [0.15, 0.2) is 170 Å². The van der Waals surface area contributed by atoms with E-state index in [1.807, 2.05) is 0 Å². The number of hydrogen-bond acceptors (Lipinski definition) is 2. The van der Waals surface area contributed by atoms with Crippen LogP contribution in [0.5, 0.6) is 0 Å². The number of anilines is 5. The minimum Gasteiger partial charge on any atom is -0.333 e. The normalized spacial score (nSPS) is 18.0. The van der Waals surface area contributed by atoms with Gasteiger partial charge in [0.2, 0.25) is 0 Å². The maximum absolute atomic E-state index is 2.50. The highest BCUT2D eigenvalue weighted by Crippen LogP contribution is 2.51. The maximum Gasteiger partial charge on any atom is 0.0629 e. The molecule has 2 unspecified atom stereocenters. The summed E-state index contributed by atoms with van der Waals surface area (Å²) in [5, 5.41) is 0. The van der Waals surface area contributed by atoms with Gasteiger partial charge in [0.15, 0.2) is 0 Å². The number of fused-ring (bicyclic) bond motifs is 6. The molecule has 0 N–H and O–H groups in total. The van der Waals surface area contributed by atoms with Crippen LogP contribution >= 0.6 is 0 Å². The van der Waals surface area contributed by atoms with Crippen molar-refractivity contribution in [1.29, 1.82) is 0 Å². The number of para-hydroxylation sites is 1. The highest BCUT2D eigenvalue weighted by Gasteiger charge is 2.37. The van der Waals surface area contributed by atoms with Gasteiger partial charge in [0.1, 0.15) is 0 Å². The lowest BCUT2D eigenvalue weighted by atomic mass is 9.82. The molecule has 0 saturated heterocycles. The van der Waals surface area contributed by atoms with Crippen LogP contribution in [-0.4, -0.2) is 6.04 Å². The quantitative estimate of drug-likeness (QED) is 0.193. The molecule has 3 aliphatic rings. The molecule has 0 aromatic heterocycles. The van der Waals surface area contributed by atoms with Gasteiger partial charge in [0, 0.05) is 39.8 Å². The highest BCUT2D eigenvalue weighted by molar-refractivity contribution is 5.87. The minimum absolute atomic E-state index is 0.0269. The van der Waals surface area contributed by atoms with Crippen LogP contribution in [0, 0.1) is 0 Å². The zero-order valence-corrected chi connectivity index (χ0v) is 26.7. The summed E-state index contributed by atoms with van der Waals surface area (Å²) in [5.74, 6) is 0.369. The molecule has 226 valence electrons. The van der Waals surface area contributed by atoms with Gasteiger partial charge in [-0.1, -0.05) is 129 Å². The largest absolute Gasteiger partial charge is 0.333 e. The van der Waals surface area contributed by atoms with Crippen LogP contribution in [0.25, 0.3) is 22.3 Å². The van der Waals surface area contributed by atoms with Crippen molar-refractivity contribution in [2.75, 3.05) is 9.80 Å². The number of rotatable bonds is 5.